The highest BCUT2D eigenvalue weighted by Gasteiger charge is 2.22. The number of phenolic OH excluding ortho intramolecular Hbond substituents is 1. The van der Waals surface area contributed by atoms with Crippen molar-refractivity contribution in [2.24, 2.45) is 0 Å². The highest BCUT2D eigenvalue weighted by molar-refractivity contribution is 5.98. The molecule has 0 atom stereocenters. The van der Waals surface area contributed by atoms with Gasteiger partial charge in [-0.1, -0.05) is 6.07 Å². The number of anilines is 1. The predicted molar refractivity (Wildman–Crippen MR) is 76.7 cm³/mol. The van der Waals surface area contributed by atoms with Crippen LogP contribution in [-0.4, -0.2) is 37.7 Å². The lowest BCUT2D eigenvalue weighted by Gasteiger charge is -2.18. The van der Waals surface area contributed by atoms with E-state index >= 15 is 0 Å². The van der Waals surface area contributed by atoms with Gasteiger partial charge in [0, 0.05) is 20.0 Å². The lowest BCUT2D eigenvalue weighted by molar-refractivity contribution is 0.0777. The Kier molecular flexibility index (Phi) is 3.25. The third-order valence-electron chi connectivity index (χ3n) is 3.71. The van der Waals surface area contributed by atoms with E-state index in [1.807, 2.05) is 4.57 Å². The maximum Gasteiger partial charge on any atom is 0.257 e. The third-order valence-corrected chi connectivity index (χ3v) is 3.71. The number of hydrogen-bond acceptors (Lipinski definition) is 5. The number of hydrogen-bond donors (Lipinski definition) is 2. The number of benzene rings is 1. The minimum absolute atomic E-state index is 0.180. The van der Waals surface area contributed by atoms with Crippen LogP contribution >= 0.6 is 0 Å². The summed E-state index contributed by atoms with van der Waals surface area (Å²) in [4.78, 5) is 13.9. The fourth-order valence-electron chi connectivity index (χ4n) is 2.55. The number of phenols is 1. The Morgan fingerprint density at radius 2 is 2.29 bits per heavy atom. The van der Waals surface area contributed by atoms with E-state index in [0.29, 0.717) is 6.54 Å². The first-order valence-corrected chi connectivity index (χ1v) is 6.82. The molecular weight excluding hydrogens is 270 g/mol. The summed E-state index contributed by atoms with van der Waals surface area (Å²) in [5, 5.41) is 18.1. The second-order valence-electron chi connectivity index (χ2n) is 5.19. The van der Waals surface area contributed by atoms with Crippen molar-refractivity contribution in [2.75, 3.05) is 12.8 Å². The summed E-state index contributed by atoms with van der Waals surface area (Å²) in [6.45, 7) is 1.24. The molecule has 110 valence electrons. The molecule has 0 saturated heterocycles. The van der Waals surface area contributed by atoms with Crippen molar-refractivity contribution in [1.29, 1.82) is 0 Å². The predicted octanol–water partition coefficient (Wildman–Crippen LogP) is 0.784. The Bertz CT molecular complexity index is 695. The molecule has 1 aliphatic rings. The topological polar surface area (TPSA) is 97.3 Å². The molecule has 7 heteroatoms. The summed E-state index contributed by atoms with van der Waals surface area (Å²) in [5.74, 6) is 1.26. The molecule has 0 bridgehead atoms. The van der Waals surface area contributed by atoms with Crippen molar-refractivity contribution in [2.45, 2.75) is 25.9 Å². The monoisotopic (exact) mass is 287 g/mol. The number of nitrogens with zero attached hydrogens (tertiary/aromatic N) is 4. The number of para-hydroxylation sites is 1. The van der Waals surface area contributed by atoms with Gasteiger partial charge in [-0.15, -0.1) is 10.2 Å². The zero-order chi connectivity index (χ0) is 15.0. The van der Waals surface area contributed by atoms with E-state index in [1.54, 1.807) is 25.2 Å². The second-order valence-corrected chi connectivity index (χ2v) is 5.19. The second kappa shape index (κ2) is 5.08. The Hall–Kier alpha value is -2.57. The fourth-order valence-corrected chi connectivity index (χ4v) is 2.55. The minimum atomic E-state index is -0.296. The van der Waals surface area contributed by atoms with Crippen LogP contribution < -0.4 is 5.73 Å². The van der Waals surface area contributed by atoms with Crippen LogP contribution in [0, 0.1) is 0 Å². The smallest absolute Gasteiger partial charge is 0.257 e. The Morgan fingerprint density at radius 1 is 1.48 bits per heavy atom. The Labute approximate surface area is 122 Å². The number of aryl methyl sites for hydroxylation is 1. The highest BCUT2D eigenvalue weighted by Crippen LogP contribution is 2.25. The first kappa shape index (κ1) is 13.4. The van der Waals surface area contributed by atoms with Gasteiger partial charge >= 0.3 is 0 Å². The molecule has 0 spiro atoms. The average molecular weight is 287 g/mol. The zero-order valence-corrected chi connectivity index (χ0v) is 11.8. The fraction of sp³-hybridized carbons (Fsp3) is 0.357. The number of carbonyl (C=O) groups is 1. The average Bonchev–Trinajstić information content (AvgIpc) is 3.06. The summed E-state index contributed by atoms with van der Waals surface area (Å²) in [5.41, 5.74) is 6.01. The van der Waals surface area contributed by atoms with Crippen LogP contribution in [0.5, 0.6) is 5.75 Å². The van der Waals surface area contributed by atoms with Gasteiger partial charge in [0.25, 0.3) is 5.91 Å². The van der Waals surface area contributed by atoms with E-state index in [9.17, 15) is 9.90 Å². The van der Waals surface area contributed by atoms with Gasteiger partial charge in [0.1, 0.15) is 5.82 Å². The molecule has 1 aromatic heterocycles. The van der Waals surface area contributed by atoms with Crippen LogP contribution in [0.15, 0.2) is 18.2 Å². The molecule has 0 radical (unpaired) electrons. The van der Waals surface area contributed by atoms with E-state index in [4.69, 9.17) is 5.73 Å². The van der Waals surface area contributed by atoms with E-state index in [-0.39, 0.29) is 22.9 Å². The van der Waals surface area contributed by atoms with Crippen LogP contribution in [0.1, 0.15) is 28.4 Å². The van der Waals surface area contributed by atoms with Gasteiger partial charge in [-0.2, -0.15) is 0 Å². The molecule has 7 nitrogen and oxygen atoms in total. The van der Waals surface area contributed by atoms with Gasteiger partial charge in [-0.25, -0.2) is 0 Å². The number of aromatic nitrogens is 3. The number of nitrogens with two attached hydrogens (primary N) is 1. The van der Waals surface area contributed by atoms with Gasteiger partial charge in [0.2, 0.25) is 0 Å². The Morgan fingerprint density at radius 3 is 3.10 bits per heavy atom. The molecule has 2 heterocycles. The van der Waals surface area contributed by atoms with Gasteiger partial charge in [0.05, 0.1) is 17.8 Å². The molecule has 1 aromatic carbocycles. The molecule has 0 aliphatic carbocycles. The number of amides is 1. The van der Waals surface area contributed by atoms with Crippen molar-refractivity contribution in [3.63, 3.8) is 0 Å². The molecule has 3 rings (SSSR count). The van der Waals surface area contributed by atoms with E-state index < -0.39 is 0 Å². The number of carbonyl (C=O) groups excluding carboxylic acids is 1. The van der Waals surface area contributed by atoms with E-state index in [1.165, 1.54) is 4.90 Å². The quantitative estimate of drug-likeness (QED) is 0.642. The largest absolute Gasteiger partial charge is 0.505 e. The summed E-state index contributed by atoms with van der Waals surface area (Å²) in [7, 11) is 1.67. The van der Waals surface area contributed by atoms with Crippen LogP contribution in [0.2, 0.25) is 0 Å². The van der Waals surface area contributed by atoms with Gasteiger partial charge in [0.15, 0.2) is 11.6 Å². The first-order chi connectivity index (χ1) is 10.1. The molecule has 2 aromatic rings. The highest BCUT2D eigenvalue weighted by atomic mass is 16.3. The van der Waals surface area contributed by atoms with Crippen LogP contribution in [0.4, 0.5) is 5.69 Å². The van der Waals surface area contributed by atoms with Crippen molar-refractivity contribution >= 4 is 11.6 Å². The number of aromatic hydroxyl groups is 1. The zero-order valence-electron chi connectivity index (χ0n) is 11.8. The lowest BCUT2D eigenvalue weighted by Crippen LogP contribution is -2.28. The normalized spacial score (nSPS) is 13.2. The summed E-state index contributed by atoms with van der Waals surface area (Å²) in [6.07, 6.45) is 1.99. The SMILES string of the molecule is CN(Cc1nnc2n1CCC2)C(=O)c1cccc(N)c1O. The van der Waals surface area contributed by atoms with Gasteiger partial charge in [-0.05, 0) is 18.6 Å². The summed E-state index contributed by atoms with van der Waals surface area (Å²) in [6, 6.07) is 4.75. The standard InChI is InChI=1S/C14H17N5O2/c1-18(8-12-17-16-11-6-3-7-19(11)12)14(21)9-4-2-5-10(15)13(9)20/h2,4-5,20H,3,6-8,15H2,1H3. The van der Waals surface area contributed by atoms with Crippen molar-refractivity contribution in [1.82, 2.24) is 19.7 Å². The number of rotatable bonds is 3. The molecule has 0 unspecified atom stereocenters. The minimum Gasteiger partial charge on any atom is -0.505 e. The first-order valence-electron chi connectivity index (χ1n) is 6.82. The van der Waals surface area contributed by atoms with Crippen LogP contribution in [0.25, 0.3) is 0 Å². The van der Waals surface area contributed by atoms with Crippen LogP contribution in [-0.2, 0) is 19.5 Å². The van der Waals surface area contributed by atoms with E-state index in [0.717, 1.165) is 31.0 Å². The lowest BCUT2D eigenvalue weighted by atomic mass is 10.1. The Balaban J connectivity index is 1.80. The van der Waals surface area contributed by atoms with Crippen LogP contribution in [0.3, 0.4) is 0 Å². The third kappa shape index (κ3) is 2.31. The number of fused-ring (bicyclic) bond motifs is 1. The number of nitrogen functional groups attached to an aromatic ring is 1. The van der Waals surface area contributed by atoms with Gasteiger partial charge < -0.3 is 20.3 Å². The maximum atomic E-state index is 12.4. The molecular formula is C14H17N5O2. The maximum absolute atomic E-state index is 12.4. The van der Waals surface area contributed by atoms with Crippen molar-refractivity contribution < 1.29 is 9.90 Å². The van der Waals surface area contributed by atoms with Crippen molar-refractivity contribution in [3.05, 3.63) is 35.4 Å². The molecule has 1 amide bonds. The molecule has 0 fully saturated rings. The van der Waals surface area contributed by atoms with Crippen molar-refractivity contribution in [3.8, 4) is 5.75 Å². The molecule has 3 N–H and O–H groups in total. The molecule has 1 aliphatic heterocycles. The van der Waals surface area contributed by atoms with Gasteiger partial charge in [-0.3, -0.25) is 4.79 Å². The van der Waals surface area contributed by atoms with E-state index in [2.05, 4.69) is 10.2 Å². The summed E-state index contributed by atoms with van der Waals surface area (Å²) < 4.78 is 2.04. The summed E-state index contributed by atoms with van der Waals surface area (Å²) >= 11 is 0. The molecule has 21 heavy (non-hydrogen) atoms. The molecule has 0 saturated carbocycles.